The summed E-state index contributed by atoms with van der Waals surface area (Å²) < 4.78 is 0. The zero-order valence-corrected chi connectivity index (χ0v) is 10.2. The Labute approximate surface area is 105 Å². The maximum atomic E-state index is 5.88. The smallest absolute Gasteiger partial charge is 0.106 e. The Morgan fingerprint density at radius 3 is 2.47 bits per heavy atom. The lowest BCUT2D eigenvalue weighted by Crippen LogP contribution is -1.88. The summed E-state index contributed by atoms with van der Waals surface area (Å²) in [4.78, 5) is 4.70. The molecule has 0 bridgehead atoms. The molecule has 0 saturated heterocycles. The van der Waals surface area contributed by atoms with Crippen molar-refractivity contribution in [1.82, 2.24) is 0 Å². The highest BCUT2D eigenvalue weighted by atomic mass is 35.5. The second kappa shape index (κ2) is 5.51. The minimum atomic E-state index is 0.733. The van der Waals surface area contributed by atoms with Crippen LogP contribution in [0.2, 0.25) is 5.02 Å². The normalized spacial score (nSPS) is 10.7. The van der Waals surface area contributed by atoms with Crippen LogP contribution in [0.4, 0.5) is 0 Å². The topological polar surface area (TPSA) is 21.6 Å². The molecule has 0 unspecified atom stereocenters. The van der Waals surface area contributed by atoms with Gasteiger partial charge in [0.2, 0.25) is 0 Å². The van der Waals surface area contributed by atoms with Gasteiger partial charge in [-0.2, -0.15) is 0 Å². The van der Waals surface area contributed by atoms with Crippen molar-refractivity contribution in [2.45, 2.75) is 0 Å². The van der Waals surface area contributed by atoms with Gasteiger partial charge < -0.3 is 4.84 Å². The Balaban J connectivity index is 2.44. The van der Waals surface area contributed by atoms with E-state index >= 15 is 0 Å². The summed E-state index contributed by atoms with van der Waals surface area (Å²) >= 11 is 5.88. The molecule has 17 heavy (non-hydrogen) atoms. The van der Waals surface area contributed by atoms with E-state index in [1.165, 1.54) is 7.11 Å². The molecule has 2 nitrogen and oxygen atoms in total. The number of oxime groups is 1. The summed E-state index contributed by atoms with van der Waals surface area (Å²) in [7, 11) is 1.53. The van der Waals surface area contributed by atoms with Gasteiger partial charge in [0.15, 0.2) is 0 Å². The Hall–Kier alpha value is -1.80. The molecule has 0 atom stereocenters. The van der Waals surface area contributed by atoms with Crippen molar-refractivity contribution in [2.75, 3.05) is 7.11 Å². The fourth-order valence-electron chi connectivity index (χ4n) is 1.61. The van der Waals surface area contributed by atoms with Gasteiger partial charge in [-0.25, -0.2) is 0 Å². The van der Waals surface area contributed by atoms with Gasteiger partial charge >= 0.3 is 0 Å². The van der Waals surface area contributed by atoms with Crippen LogP contribution in [0.3, 0.4) is 0 Å². The first-order chi connectivity index (χ1) is 8.31. The molecule has 2 aromatic carbocycles. The van der Waals surface area contributed by atoms with Gasteiger partial charge in [-0.05, 0) is 23.3 Å². The monoisotopic (exact) mass is 245 g/mol. The number of benzene rings is 2. The molecule has 86 valence electrons. The summed E-state index contributed by atoms with van der Waals surface area (Å²) in [5, 5.41) is 4.53. The zero-order valence-electron chi connectivity index (χ0n) is 9.43. The van der Waals surface area contributed by atoms with Crippen molar-refractivity contribution in [1.29, 1.82) is 0 Å². The van der Waals surface area contributed by atoms with Crippen LogP contribution in [0.25, 0.3) is 11.1 Å². The average Bonchev–Trinajstić information content (AvgIpc) is 2.38. The molecule has 0 saturated carbocycles. The number of halogens is 1. The fraction of sp³-hybridized carbons (Fsp3) is 0.0714. The third kappa shape index (κ3) is 2.86. The lowest BCUT2D eigenvalue weighted by molar-refractivity contribution is 0.215. The summed E-state index contributed by atoms with van der Waals surface area (Å²) in [6, 6.07) is 15.7. The molecule has 0 heterocycles. The van der Waals surface area contributed by atoms with E-state index in [4.69, 9.17) is 16.4 Å². The molecule has 2 rings (SSSR count). The Bertz CT molecular complexity index is 520. The van der Waals surface area contributed by atoms with Crippen LogP contribution in [0, 0.1) is 0 Å². The number of nitrogens with zero attached hydrogens (tertiary/aromatic N) is 1. The first-order valence-electron chi connectivity index (χ1n) is 5.23. The van der Waals surface area contributed by atoms with Gasteiger partial charge in [0.25, 0.3) is 0 Å². The predicted molar refractivity (Wildman–Crippen MR) is 71.5 cm³/mol. The fourth-order valence-corrected chi connectivity index (χ4v) is 1.74. The van der Waals surface area contributed by atoms with Gasteiger partial charge in [-0.3, -0.25) is 0 Å². The molecule has 0 radical (unpaired) electrons. The first-order valence-corrected chi connectivity index (χ1v) is 5.60. The predicted octanol–water partition coefficient (Wildman–Crippen LogP) is 3.99. The quantitative estimate of drug-likeness (QED) is 0.592. The molecule has 3 heteroatoms. The van der Waals surface area contributed by atoms with Crippen LogP contribution in [-0.4, -0.2) is 13.3 Å². The number of hydrogen-bond acceptors (Lipinski definition) is 2. The largest absolute Gasteiger partial charge is 0.399 e. The number of rotatable bonds is 3. The minimum absolute atomic E-state index is 0.733. The number of hydrogen-bond donors (Lipinski definition) is 0. The molecule has 0 spiro atoms. The van der Waals surface area contributed by atoms with Crippen LogP contribution in [-0.2, 0) is 4.84 Å². The van der Waals surface area contributed by atoms with Crippen molar-refractivity contribution >= 4 is 17.8 Å². The van der Waals surface area contributed by atoms with Crippen LogP contribution in [0.5, 0.6) is 0 Å². The summed E-state index contributed by atoms with van der Waals surface area (Å²) in [5.41, 5.74) is 3.22. The second-order valence-corrected chi connectivity index (χ2v) is 3.95. The lowest BCUT2D eigenvalue weighted by Gasteiger charge is -2.05. The van der Waals surface area contributed by atoms with Crippen molar-refractivity contribution in [3.63, 3.8) is 0 Å². The van der Waals surface area contributed by atoms with E-state index < -0.39 is 0 Å². The van der Waals surface area contributed by atoms with Crippen LogP contribution >= 0.6 is 11.6 Å². The van der Waals surface area contributed by atoms with E-state index in [2.05, 4.69) is 5.16 Å². The molecular formula is C14H12ClNO. The Morgan fingerprint density at radius 2 is 1.76 bits per heavy atom. The summed E-state index contributed by atoms with van der Waals surface area (Å²) in [5.74, 6) is 0. The molecule has 0 aliphatic heterocycles. The Morgan fingerprint density at radius 1 is 1.06 bits per heavy atom. The molecule has 0 aliphatic carbocycles. The van der Waals surface area contributed by atoms with E-state index in [0.29, 0.717) is 0 Å². The molecule has 2 aromatic rings. The standard InChI is InChI=1S/C14H12ClNO/c1-17-16-10-12-4-2-3-5-14(12)11-6-8-13(15)9-7-11/h2-10H,1H3/b16-10+. The van der Waals surface area contributed by atoms with Crippen LogP contribution < -0.4 is 0 Å². The average molecular weight is 246 g/mol. The Kier molecular flexibility index (Phi) is 3.78. The highest BCUT2D eigenvalue weighted by Crippen LogP contribution is 2.24. The van der Waals surface area contributed by atoms with E-state index in [9.17, 15) is 0 Å². The zero-order chi connectivity index (χ0) is 12.1. The van der Waals surface area contributed by atoms with Crippen LogP contribution in [0.1, 0.15) is 5.56 Å². The first kappa shape index (κ1) is 11.7. The van der Waals surface area contributed by atoms with Crippen molar-refractivity contribution < 1.29 is 4.84 Å². The van der Waals surface area contributed by atoms with Gasteiger partial charge in [0, 0.05) is 10.6 Å². The summed E-state index contributed by atoms with van der Waals surface area (Å²) in [6.45, 7) is 0. The van der Waals surface area contributed by atoms with Crippen molar-refractivity contribution in [3.05, 3.63) is 59.1 Å². The van der Waals surface area contributed by atoms with Crippen molar-refractivity contribution in [2.24, 2.45) is 5.16 Å². The van der Waals surface area contributed by atoms with Gasteiger partial charge in [-0.1, -0.05) is 53.2 Å². The maximum Gasteiger partial charge on any atom is 0.106 e. The molecule has 0 fully saturated rings. The second-order valence-electron chi connectivity index (χ2n) is 3.51. The van der Waals surface area contributed by atoms with Gasteiger partial charge in [0.05, 0.1) is 6.21 Å². The molecule has 0 N–H and O–H groups in total. The third-order valence-electron chi connectivity index (χ3n) is 2.41. The highest BCUT2D eigenvalue weighted by Gasteiger charge is 2.02. The van der Waals surface area contributed by atoms with Crippen molar-refractivity contribution in [3.8, 4) is 11.1 Å². The minimum Gasteiger partial charge on any atom is -0.399 e. The highest BCUT2D eigenvalue weighted by molar-refractivity contribution is 6.30. The molecular weight excluding hydrogens is 234 g/mol. The lowest BCUT2D eigenvalue weighted by atomic mass is 10.0. The van der Waals surface area contributed by atoms with Gasteiger partial charge in [-0.15, -0.1) is 0 Å². The van der Waals surface area contributed by atoms with E-state index in [0.717, 1.165) is 21.7 Å². The maximum absolute atomic E-state index is 5.88. The molecule has 0 aromatic heterocycles. The molecule has 0 amide bonds. The third-order valence-corrected chi connectivity index (χ3v) is 2.67. The van der Waals surface area contributed by atoms with E-state index in [1.807, 2.05) is 48.5 Å². The van der Waals surface area contributed by atoms with E-state index in [-0.39, 0.29) is 0 Å². The summed E-state index contributed by atoms with van der Waals surface area (Å²) in [6.07, 6.45) is 1.70. The van der Waals surface area contributed by atoms with E-state index in [1.54, 1.807) is 6.21 Å². The van der Waals surface area contributed by atoms with Crippen LogP contribution in [0.15, 0.2) is 53.7 Å². The van der Waals surface area contributed by atoms with Gasteiger partial charge in [0.1, 0.15) is 7.11 Å². The molecule has 0 aliphatic rings. The SMILES string of the molecule is CO/N=C/c1ccccc1-c1ccc(Cl)cc1.